The lowest BCUT2D eigenvalue weighted by molar-refractivity contribution is -0.151. The summed E-state index contributed by atoms with van der Waals surface area (Å²) in [6, 6.07) is 32.0. The van der Waals surface area contributed by atoms with E-state index in [0.29, 0.717) is 11.1 Å². The highest BCUT2D eigenvalue weighted by molar-refractivity contribution is 5.90. The van der Waals surface area contributed by atoms with Gasteiger partial charge in [0.05, 0.1) is 0 Å². The minimum atomic E-state index is -1.31. The highest BCUT2D eigenvalue weighted by atomic mass is 16.5. The summed E-state index contributed by atoms with van der Waals surface area (Å²) in [5, 5.41) is 7.47. The fourth-order valence-corrected chi connectivity index (χ4v) is 5.49. The smallest absolute Gasteiger partial charge is 0.328 e. The van der Waals surface area contributed by atoms with Crippen LogP contribution in [0.1, 0.15) is 60.8 Å². The van der Waals surface area contributed by atoms with E-state index in [-0.39, 0.29) is 71.4 Å². The average molecular weight is 794 g/mol. The van der Waals surface area contributed by atoms with Crippen LogP contribution < -0.4 is 16.0 Å². The van der Waals surface area contributed by atoms with E-state index < -0.39 is 53.8 Å². The van der Waals surface area contributed by atoms with Crippen LogP contribution in [-0.2, 0) is 78.9 Å². The Morgan fingerprint density at radius 3 is 1.17 bits per heavy atom. The molecule has 3 atom stereocenters. The molecule has 0 aliphatic rings. The Morgan fingerprint density at radius 1 is 0.448 bits per heavy atom. The molecule has 14 nitrogen and oxygen atoms in total. The van der Waals surface area contributed by atoms with Gasteiger partial charge in [-0.15, -0.1) is 0 Å². The molecule has 4 aromatic rings. The Balaban J connectivity index is 1.35. The number of hydrogen-bond acceptors (Lipinski definition) is 11. The Morgan fingerprint density at radius 2 is 0.793 bits per heavy atom. The molecule has 3 amide bonds. The summed E-state index contributed by atoms with van der Waals surface area (Å²) in [5.41, 5.74) is 2.96. The van der Waals surface area contributed by atoms with Crippen LogP contribution in [0.4, 0.5) is 0 Å². The monoisotopic (exact) mass is 793 g/mol. The number of ether oxygens (including phenoxy) is 4. The first-order valence-corrected chi connectivity index (χ1v) is 18.8. The van der Waals surface area contributed by atoms with Gasteiger partial charge in [-0.3, -0.25) is 24.0 Å². The van der Waals surface area contributed by atoms with E-state index in [1.54, 1.807) is 91.0 Å². The Labute approximate surface area is 336 Å². The van der Waals surface area contributed by atoms with Gasteiger partial charge >= 0.3 is 23.9 Å². The highest BCUT2D eigenvalue weighted by Gasteiger charge is 2.29. The number of rotatable bonds is 24. The van der Waals surface area contributed by atoms with Crippen molar-refractivity contribution in [3.63, 3.8) is 0 Å². The van der Waals surface area contributed by atoms with Crippen molar-refractivity contribution in [1.82, 2.24) is 16.0 Å². The predicted molar refractivity (Wildman–Crippen MR) is 210 cm³/mol. The average Bonchev–Trinajstić information content (AvgIpc) is 3.26. The van der Waals surface area contributed by atoms with Gasteiger partial charge in [-0.25, -0.2) is 9.59 Å². The quantitative estimate of drug-likeness (QED) is 0.0518. The summed E-state index contributed by atoms with van der Waals surface area (Å²) in [6.45, 7) is -0.116. The number of hydrogen-bond donors (Lipinski definition) is 3. The lowest BCUT2D eigenvalue weighted by Gasteiger charge is -2.22. The third-order valence-corrected chi connectivity index (χ3v) is 8.67. The first-order chi connectivity index (χ1) is 28.2. The number of carbonyl (C=O) groups excluding carboxylic acids is 7. The second kappa shape index (κ2) is 24.6. The topological polar surface area (TPSA) is 192 Å². The van der Waals surface area contributed by atoms with Crippen LogP contribution in [0.25, 0.3) is 0 Å². The molecular weight excluding hydrogens is 746 g/mol. The number of nitrogens with one attached hydrogen (secondary N) is 3. The van der Waals surface area contributed by atoms with E-state index in [4.69, 9.17) is 18.9 Å². The van der Waals surface area contributed by atoms with Crippen molar-refractivity contribution in [3.05, 3.63) is 144 Å². The second-order valence-electron chi connectivity index (χ2n) is 13.1. The molecule has 0 aliphatic heterocycles. The summed E-state index contributed by atoms with van der Waals surface area (Å²) < 4.78 is 21.5. The number of carbonyl (C=O) groups is 7. The normalized spacial score (nSPS) is 12.1. The molecule has 0 saturated carbocycles. The standard InChI is InChI=1S/C44H47N3O11/c48-31-45-36(42(52)47-38(44(54)58-30-35-19-11-4-12-20-35)23-26-41(51)56-28-33-15-7-2-8-16-33)21-24-39(49)46-37(43(53)57-29-34-17-9-3-10-18-34)22-25-40(50)55-27-32-13-5-1-6-14-32/h1-20,31,36-38H,21-30H2,(H,45,48)(H,46,49)(H,47,52). The highest BCUT2D eigenvalue weighted by Crippen LogP contribution is 2.12. The van der Waals surface area contributed by atoms with Gasteiger partial charge in [-0.1, -0.05) is 121 Å². The molecule has 304 valence electrons. The van der Waals surface area contributed by atoms with Crippen LogP contribution in [0.3, 0.4) is 0 Å². The molecule has 4 aromatic carbocycles. The summed E-state index contributed by atoms with van der Waals surface area (Å²) in [6.07, 6.45) is -1.09. The van der Waals surface area contributed by atoms with Crippen LogP contribution in [0.15, 0.2) is 121 Å². The number of benzene rings is 4. The van der Waals surface area contributed by atoms with Gasteiger partial charge in [0, 0.05) is 19.3 Å². The maximum atomic E-state index is 13.5. The van der Waals surface area contributed by atoms with Crippen molar-refractivity contribution >= 4 is 42.1 Å². The molecule has 0 saturated heterocycles. The zero-order valence-electron chi connectivity index (χ0n) is 31.9. The fraction of sp³-hybridized carbons (Fsp3) is 0.295. The lowest BCUT2D eigenvalue weighted by atomic mass is 10.1. The molecule has 0 fully saturated rings. The number of esters is 4. The maximum Gasteiger partial charge on any atom is 0.328 e. The third-order valence-electron chi connectivity index (χ3n) is 8.67. The molecule has 0 aliphatic carbocycles. The Kier molecular flexibility index (Phi) is 18.6. The molecule has 0 aromatic heterocycles. The van der Waals surface area contributed by atoms with Gasteiger partial charge in [0.1, 0.15) is 44.6 Å². The molecule has 3 N–H and O–H groups in total. The summed E-state index contributed by atoms with van der Waals surface area (Å²) in [5.74, 6) is -4.31. The zero-order valence-corrected chi connectivity index (χ0v) is 31.9. The summed E-state index contributed by atoms with van der Waals surface area (Å²) >= 11 is 0. The van der Waals surface area contributed by atoms with Crippen molar-refractivity contribution in [2.24, 2.45) is 0 Å². The predicted octanol–water partition coefficient (Wildman–Crippen LogP) is 4.38. The van der Waals surface area contributed by atoms with Gasteiger partial charge < -0.3 is 34.9 Å². The van der Waals surface area contributed by atoms with Crippen molar-refractivity contribution in [2.75, 3.05) is 0 Å². The van der Waals surface area contributed by atoms with E-state index in [0.717, 1.165) is 11.1 Å². The summed E-state index contributed by atoms with van der Waals surface area (Å²) in [4.78, 5) is 89.8. The van der Waals surface area contributed by atoms with Gasteiger partial charge in [0.15, 0.2) is 0 Å². The van der Waals surface area contributed by atoms with Gasteiger partial charge in [0.25, 0.3) is 0 Å². The second-order valence-corrected chi connectivity index (χ2v) is 13.1. The first-order valence-electron chi connectivity index (χ1n) is 18.8. The molecule has 0 heterocycles. The molecule has 58 heavy (non-hydrogen) atoms. The van der Waals surface area contributed by atoms with E-state index in [1.165, 1.54) is 0 Å². The van der Waals surface area contributed by atoms with E-state index >= 15 is 0 Å². The largest absolute Gasteiger partial charge is 0.461 e. The van der Waals surface area contributed by atoms with Crippen LogP contribution in [0.2, 0.25) is 0 Å². The third kappa shape index (κ3) is 16.5. The molecule has 0 radical (unpaired) electrons. The van der Waals surface area contributed by atoms with Gasteiger partial charge in [0.2, 0.25) is 18.2 Å². The van der Waals surface area contributed by atoms with Crippen molar-refractivity contribution in [1.29, 1.82) is 0 Å². The maximum absolute atomic E-state index is 13.5. The van der Waals surface area contributed by atoms with Crippen molar-refractivity contribution in [3.8, 4) is 0 Å². The van der Waals surface area contributed by atoms with Gasteiger partial charge in [-0.05, 0) is 41.5 Å². The lowest BCUT2D eigenvalue weighted by Crippen LogP contribution is -2.51. The molecule has 0 bridgehead atoms. The SMILES string of the molecule is O=CNC(CCC(=O)NC(CCC(=O)OCc1ccccc1)C(=O)OCc1ccccc1)C(=O)NC(CCC(=O)OCc1ccccc1)C(=O)OCc1ccccc1. The molecule has 3 unspecified atom stereocenters. The Bertz CT molecular complexity index is 1910. The minimum absolute atomic E-state index is 0.0203. The van der Waals surface area contributed by atoms with Crippen molar-refractivity contribution in [2.45, 2.75) is 83.1 Å². The fourth-order valence-electron chi connectivity index (χ4n) is 5.49. The van der Waals surface area contributed by atoms with Crippen LogP contribution in [0, 0.1) is 0 Å². The van der Waals surface area contributed by atoms with E-state index in [2.05, 4.69) is 16.0 Å². The Hall–Kier alpha value is -6.83. The number of amides is 3. The minimum Gasteiger partial charge on any atom is -0.461 e. The molecule has 0 spiro atoms. The van der Waals surface area contributed by atoms with Crippen molar-refractivity contribution < 1.29 is 52.5 Å². The van der Waals surface area contributed by atoms with Crippen LogP contribution in [0.5, 0.6) is 0 Å². The van der Waals surface area contributed by atoms with Gasteiger partial charge in [-0.2, -0.15) is 0 Å². The zero-order chi connectivity index (χ0) is 41.4. The summed E-state index contributed by atoms with van der Waals surface area (Å²) in [7, 11) is 0. The molecular formula is C44H47N3O11. The molecule has 4 rings (SSSR count). The van der Waals surface area contributed by atoms with E-state index in [1.807, 2.05) is 30.3 Å². The van der Waals surface area contributed by atoms with Crippen LogP contribution in [-0.4, -0.2) is 60.2 Å². The first kappa shape index (κ1) is 43.9. The molecule has 14 heteroatoms. The van der Waals surface area contributed by atoms with E-state index in [9.17, 15) is 33.6 Å². The van der Waals surface area contributed by atoms with Crippen LogP contribution >= 0.6 is 0 Å².